The number of nitrogens with one attached hydrogen (secondary N) is 1. The summed E-state index contributed by atoms with van der Waals surface area (Å²) in [5.74, 6) is -0.145. The number of benzene rings is 1. The third-order valence-electron chi connectivity index (χ3n) is 2.67. The number of rotatable bonds is 6. The zero-order chi connectivity index (χ0) is 16.3. The van der Waals surface area contributed by atoms with E-state index in [0.29, 0.717) is 6.54 Å². The van der Waals surface area contributed by atoms with Crippen LogP contribution in [0.1, 0.15) is 5.56 Å². The Hall–Kier alpha value is -1.81. The first-order valence-electron chi connectivity index (χ1n) is 6.01. The monoisotopic (exact) mass is 393 g/mol. The topological polar surface area (TPSA) is 82.4 Å². The van der Waals surface area contributed by atoms with Gasteiger partial charge in [0.1, 0.15) is 0 Å². The predicted octanol–water partition coefficient (Wildman–Crippen LogP) is 2.40. The molecular weight excluding hydrogens is 381 g/mol. The summed E-state index contributed by atoms with van der Waals surface area (Å²) in [6.07, 6.45) is 3.47. The van der Waals surface area contributed by atoms with Crippen LogP contribution in [0.2, 0.25) is 0 Å². The number of anilines is 1. The molecule has 0 saturated carbocycles. The largest absolute Gasteiger partial charge is 0.493 e. The number of aryl methyl sites for hydroxylation is 1. The Morgan fingerprint density at radius 1 is 1.45 bits per heavy atom. The third kappa shape index (κ3) is 4.34. The molecule has 1 heterocycles. The van der Waals surface area contributed by atoms with Crippen molar-refractivity contribution >= 4 is 32.1 Å². The minimum absolute atomic E-state index is 0.0959. The van der Waals surface area contributed by atoms with Gasteiger partial charge in [-0.15, -0.1) is 0 Å². The third-order valence-corrected chi connectivity index (χ3v) is 3.63. The van der Waals surface area contributed by atoms with Crippen LogP contribution in [0.4, 0.5) is 9.57 Å². The average Bonchev–Trinajstić information content (AvgIpc) is 2.83. The molecule has 1 N–H and O–H groups in total. The van der Waals surface area contributed by atoms with Gasteiger partial charge in [-0.1, -0.05) is 3.89 Å². The van der Waals surface area contributed by atoms with Crippen molar-refractivity contribution in [3.8, 4) is 11.5 Å². The Morgan fingerprint density at radius 3 is 2.73 bits per heavy atom. The van der Waals surface area contributed by atoms with Crippen molar-refractivity contribution in [3.05, 3.63) is 34.6 Å². The van der Waals surface area contributed by atoms with Crippen LogP contribution in [0.5, 0.6) is 11.5 Å². The summed E-state index contributed by atoms with van der Waals surface area (Å²) >= 11 is 3.14. The maximum absolute atomic E-state index is 12.7. The van der Waals surface area contributed by atoms with Crippen LogP contribution in [0.3, 0.4) is 0 Å². The predicted molar refractivity (Wildman–Crippen MR) is 81.9 cm³/mol. The molecule has 2 aromatic rings. The highest BCUT2D eigenvalue weighted by Gasteiger charge is 2.19. The van der Waals surface area contributed by atoms with Gasteiger partial charge in [-0.25, -0.2) is 0 Å². The first-order valence-corrected chi connectivity index (χ1v) is 8.11. The molecule has 2 rings (SSSR count). The molecule has 0 aliphatic carbocycles. The molecule has 0 fully saturated rings. The van der Waals surface area contributed by atoms with Crippen molar-refractivity contribution in [2.45, 2.75) is 6.54 Å². The van der Waals surface area contributed by atoms with Crippen molar-refractivity contribution < 1.29 is 21.2 Å². The van der Waals surface area contributed by atoms with E-state index in [1.165, 1.54) is 7.11 Å². The number of nitrogens with zero attached hydrogens (tertiary/aromatic N) is 2. The second kappa shape index (κ2) is 6.53. The van der Waals surface area contributed by atoms with Gasteiger partial charge in [0.25, 0.3) is 0 Å². The summed E-state index contributed by atoms with van der Waals surface area (Å²) in [5.41, 5.74) is 1.60. The van der Waals surface area contributed by atoms with E-state index in [4.69, 9.17) is 4.74 Å². The Labute approximate surface area is 135 Å². The molecule has 0 amide bonds. The summed E-state index contributed by atoms with van der Waals surface area (Å²) in [7, 11) is -2.00. The fourth-order valence-corrected chi connectivity index (χ4v) is 2.82. The van der Waals surface area contributed by atoms with Crippen LogP contribution < -0.4 is 14.2 Å². The highest BCUT2D eigenvalue weighted by molar-refractivity contribution is 9.10. The SMILES string of the molecule is COc1cc(CNc2cnn(C)c2)cc(Br)c1OS(=O)(=O)F. The zero-order valence-corrected chi connectivity index (χ0v) is 14.1. The fourth-order valence-electron chi connectivity index (χ4n) is 1.77. The molecule has 22 heavy (non-hydrogen) atoms. The standard InChI is InChI=1S/C12H13BrFN3O4S/c1-17-7-9(6-16-17)15-5-8-3-10(13)12(11(4-8)20-2)21-22(14,18)19/h3-4,6-7,15H,5H2,1-2H3. The molecule has 1 aromatic heterocycles. The molecule has 7 nitrogen and oxygen atoms in total. The second-order valence-corrected chi connectivity index (χ2v) is 6.15. The molecule has 0 radical (unpaired) electrons. The molecule has 1 aromatic carbocycles. The lowest BCUT2D eigenvalue weighted by atomic mass is 10.2. The van der Waals surface area contributed by atoms with Crippen LogP contribution in [-0.2, 0) is 24.1 Å². The first-order chi connectivity index (χ1) is 10.3. The zero-order valence-electron chi connectivity index (χ0n) is 11.7. The Balaban J connectivity index is 2.21. The summed E-state index contributed by atoms with van der Waals surface area (Å²) in [6.45, 7) is 0.434. The highest BCUT2D eigenvalue weighted by atomic mass is 79.9. The van der Waals surface area contributed by atoms with Crippen molar-refractivity contribution in [3.63, 3.8) is 0 Å². The van der Waals surface area contributed by atoms with Gasteiger partial charge < -0.3 is 14.2 Å². The van der Waals surface area contributed by atoms with Gasteiger partial charge in [0.05, 0.1) is 23.5 Å². The summed E-state index contributed by atoms with van der Waals surface area (Å²) < 4.78 is 45.2. The van der Waals surface area contributed by atoms with E-state index in [2.05, 4.69) is 30.5 Å². The maximum Gasteiger partial charge on any atom is 0.488 e. The van der Waals surface area contributed by atoms with Crippen molar-refractivity contribution in [2.75, 3.05) is 12.4 Å². The lowest BCUT2D eigenvalue weighted by molar-refractivity contribution is 0.380. The Kier molecular flexibility index (Phi) is 4.91. The van der Waals surface area contributed by atoms with E-state index >= 15 is 0 Å². The number of methoxy groups -OCH3 is 1. The molecule has 10 heteroatoms. The minimum Gasteiger partial charge on any atom is -0.493 e. The van der Waals surface area contributed by atoms with Gasteiger partial charge in [-0.2, -0.15) is 13.5 Å². The van der Waals surface area contributed by atoms with Gasteiger partial charge in [0.2, 0.25) is 5.75 Å². The second-order valence-electron chi connectivity index (χ2n) is 4.34. The van der Waals surface area contributed by atoms with Crippen LogP contribution >= 0.6 is 15.9 Å². The normalized spacial score (nSPS) is 11.3. The van der Waals surface area contributed by atoms with Crippen LogP contribution in [-0.4, -0.2) is 25.3 Å². The van der Waals surface area contributed by atoms with Gasteiger partial charge in [-0.3, -0.25) is 4.68 Å². The van der Waals surface area contributed by atoms with Gasteiger partial charge in [-0.05, 0) is 33.6 Å². The Bertz CT molecular complexity index is 779. The van der Waals surface area contributed by atoms with E-state index in [-0.39, 0.29) is 16.0 Å². The molecule has 0 aliphatic rings. The number of hydrogen-bond acceptors (Lipinski definition) is 6. The van der Waals surface area contributed by atoms with Crippen molar-refractivity contribution in [1.82, 2.24) is 9.78 Å². The van der Waals surface area contributed by atoms with Gasteiger partial charge in [0.15, 0.2) is 5.75 Å². The molecule has 0 aliphatic heterocycles. The van der Waals surface area contributed by atoms with Gasteiger partial charge in [0, 0.05) is 19.8 Å². The fraction of sp³-hybridized carbons (Fsp3) is 0.250. The molecule has 0 atom stereocenters. The van der Waals surface area contributed by atoms with Gasteiger partial charge >= 0.3 is 10.5 Å². The van der Waals surface area contributed by atoms with E-state index in [9.17, 15) is 12.3 Å². The van der Waals surface area contributed by atoms with E-state index in [1.807, 2.05) is 0 Å². The summed E-state index contributed by atoms with van der Waals surface area (Å²) in [6, 6.07) is 3.15. The summed E-state index contributed by atoms with van der Waals surface area (Å²) in [5, 5.41) is 7.16. The molecule has 0 saturated heterocycles. The van der Waals surface area contributed by atoms with Crippen LogP contribution in [0.25, 0.3) is 0 Å². The molecular formula is C12H13BrFN3O4S. The smallest absolute Gasteiger partial charge is 0.488 e. The molecule has 120 valence electrons. The molecule has 0 bridgehead atoms. The average molecular weight is 394 g/mol. The number of aromatic nitrogens is 2. The highest BCUT2D eigenvalue weighted by Crippen LogP contribution is 2.37. The van der Waals surface area contributed by atoms with E-state index in [1.54, 1.807) is 36.3 Å². The lowest BCUT2D eigenvalue weighted by Crippen LogP contribution is -2.05. The number of ether oxygens (including phenoxy) is 1. The Morgan fingerprint density at radius 2 is 2.18 bits per heavy atom. The van der Waals surface area contributed by atoms with Crippen LogP contribution in [0.15, 0.2) is 29.0 Å². The van der Waals surface area contributed by atoms with Crippen molar-refractivity contribution in [2.24, 2.45) is 7.05 Å². The number of halogens is 2. The van der Waals surface area contributed by atoms with Crippen LogP contribution in [0, 0.1) is 0 Å². The summed E-state index contributed by atoms with van der Waals surface area (Å²) in [4.78, 5) is 0. The minimum atomic E-state index is -5.13. The first kappa shape index (κ1) is 16.6. The quantitative estimate of drug-likeness (QED) is 0.758. The lowest BCUT2D eigenvalue weighted by Gasteiger charge is -2.12. The molecule has 0 unspecified atom stereocenters. The van der Waals surface area contributed by atoms with E-state index < -0.39 is 10.5 Å². The van der Waals surface area contributed by atoms with E-state index in [0.717, 1.165) is 11.3 Å². The molecule has 0 spiro atoms. The maximum atomic E-state index is 12.7. The number of hydrogen-bond donors (Lipinski definition) is 1. The van der Waals surface area contributed by atoms with Crippen molar-refractivity contribution in [1.29, 1.82) is 0 Å².